The third kappa shape index (κ3) is 3.41. The Kier molecular flexibility index (Phi) is 4.59. The molecule has 2 heterocycles. The zero-order chi connectivity index (χ0) is 17.9. The molecule has 0 saturated heterocycles. The van der Waals surface area contributed by atoms with Gasteiger partial charge in [-0.3, -0.25) is 9.78 Å². The van der Waals surface area contributed by atoms with Gasteiger partial charge in [0.25, 0.3) is 0 Å². The molecule has 0 fully saturated rings. The lowest BCUT2D eigenvalue weighted by Gasteiger charge is -2.07. The average molecular weight is 364 g/mol. The van der Waals surface area contributed by atoms with Gasteiger partial charge in [0, 0.05) is 40.0 Å². The van der Waals surface area contributed by atoms with Crippen molar-refractivity contribution >= 4 is 39.3 Å². The summed E-state index contributed by atoms with van der Waals surface area (Å²) in [6, 6.07) is 17.8. The summed E-state index contributed by atoms with van der Waals surface area (Å²) in [5.41, 5.74) is 3.94. The second-order valence-electron chi connectivity index (χ2n) is 6.26. The Bertz CT molecular complexity index is 1090. The lowest BCUT2D eigenvalue weighted by atomic mass is 10.1. The van der Waals surface area contributed by atoms with Crippen LogP contribution < -0.4 is 5.32 Å². The summed E-state index contributed by atoms with van der Waals surface area (Å²) in [6.07, 6.45) is 2.83. The van der Waals surface area contributed by atoms with Crippen molar-refractivity contribution in [2.45, 2.75) is 19.4 Å². The highest BCUT2D eigenvalue weighted by Gasteiger charge is 2.08. The number of amides is 1. The molecule has 2 N–H and O–H groups in total. The minimum atomic E-state index is -0.00857. The standard InChI is InChI=1S/C21H18ClN3O/c22-18-7-3-1-5-14(18)12-24-21(26)10-9-15-11-17-16-6-2-4-8-19(16)25-20(17)13-23-15/h1-8,11,13,25H,9-10,12H2,(H,24,26). The molecule has 0 aliphatic rings. The van der Waals surface area contributed by atoms with Crippen molar-refractivity contribution < 1.29 is 4.79 Å². The average Bonchev–Trinajstić information content (AvgIpc) is 3.04. The number of para-hydroxylation sites is 1. The van der Waals surface area contributed by atoms with Crippen molar-refractivity contribution in [2.24, 2.45) is 0 Å². The molecule has 0 aliphatic heterocycles. The van der Waals surface area contributed by atoms with Gasteiger partial charge in [-0.2, -0.15) is 0 Å². The summed E-state index contributed by atoms with van der Waals surface area (Å²) in [7, 11) is 0. The maximum absolute atomic E-state index is 12.1. The number of nitrogens with one attached hydrogen (secondary N) is 2. The van der Waals surface area contributed by atoms with Crippen LogP contribution in [0.4, 0.5) is 0 Å². The summed E-state index contributed by atoms with van der Waals surface area (Å²) in [4.78, 5) is 20.0. The molecule has 4 aromatic rings. The second kappa shape index (κ2) is 7.18. The van der Waals surface area contributed by atoms with E-state index in [1.807, 2.05) is 42.6 Å². The summed E-state index contributed by atoms with van der Waals surface area (Å²) in [5.74, 6) is -0.00857. The largest absolute Gasteiger partial charge is 0.353 e. The first kappa shape index (κ1) is 16.6. The normalized spacial score (nSPS) is 11.1. The van der Waals surface area contributed by atoms with Crippen molar-refractivity contribution in [3.8, 4) is 0 Å². The first-order chi connectivity index (χ1) is 12.7. The first-order valence-corrected chi connectivity index (χ1v) is 8.94. The van der Waals surface area contributed by atoms with E-state index in [2.05, 4.69) is 33.5 Å². The number of hydrogen-bond donors (Lipinski definition) is 2. The van der Waals surface area contributed by atoms with Crippen LogP contribution in [0.1, 0.15) is 17.7 Å². The van der Waals surface area contributed by atoms with Crippen LogP contribution in [0.15, 0.2) is 60.8 Å². The molecule has 0 atom stereocenters. The van der Waals surface area contributed by atoms with E-state index in [9.17, 15) is 4.79 Å². The van der Waals surface area contributed by atoms with Crippen LogP contribution in [0, 0.1) is 0 Å². The van der Waals surface area contributed by atoms with Crippen molar-refractivity contribution in [1.82, 2.24) is 15.3 Å². The second-order valence-corrected chi connectivity index (χ2v) is 6.67. The molecule has 5 heteroatoms. The molecule has 0 unspecified atom stereocenters. The smallest absolute Gasteiger partial charge is 0.220 e. The molecule has 4 rings (SSSR count). The first-order valence-electron chi connectivity index (χ1n) is 8.56. The Hall–Kier alpha value is -2.85. The van der Waals surface area contributed by atoms with Gasteiger partial charge in [-0.1, -0.05) is 48.0 Å². The maximum Gasteiger partial charge on any atom is 0.220 e. The van der Waals surface area contributed by atoms with Crippen molar-refractivity contribution in [3.63, 3.8) is 0 Å². The number of fused-ring (bicyclic) bond motifs is 3. The molecular formula is C21H18ClN3O. The molecule has 2 aromatic carbocycles. The molecule has 0 bridgehead atoms. The highest BCUT2D eigenvalue weighted by molar-refractivity contribution is 6.31. The van der Waals surface area contributed by atoms with E-state index >= 15 is 0 Å². The van der Waals surface area contributed by atoms with E-state index in [1.165, 1.54) is 5.39 Å². The SMILES string of the molecule is O=C(CCc1cc2c(cn1)[nH]c1ccccc12)NCc1ccccc1Cl. The number of hydrogen-bond acceptors (Lipinski definition) is 2. The number of halogens is 1. The van der Waals surface area contributed by atoms with E-state index in [-0.39, 0.29) is 5.91 Å². The van der Waals surface area contributed by atoms with Crippen LogP contribution in [-0.4, -0.2) is 15.9 Å². The lowest BCUT2D eigenvalue weighted by Crippen LogP contribution is -2.23. The van der Waals surface area contributed by atoms with Crippen molar-refractivity contribution in [1.29, 1.82) is 0 Å². The van der Waals surface area contributed by atoms with E-state index in [0.29, 0.717) is 24.4 Å². The van der Waals surface area contributed by atoms with Gasteiger partial charge in [-0.15, -0.1) is 0 Å². The number of H-pyrrole nitrogens is 1. The van der Waals surface area contributed by atoms with Gasteiger partial charge in [0.1, 0.15) is 0 Å². The lowest BCUT2D eigenvalue weighted by molar-refractivity contribution is -0.121. The van der Waals surface area contributed by atoms with Crippen LogP contribution in [-0.2, 0) is 17.8 Å². The Balaban J connectivity index is 1.42. The van der Waals surface area contributed by atoms with Crippen LogP contribution in [0.3, 0.4) is 0 Å². The number of benzene rings is 2. The van der Waals surface area contributed by atoms with E-state index in [0.717, 1.165) is 27.7 Å². The van der Waals surface area contributed by atoms with Gasteiger partial charge in [-0.25, -0.2) is 0 Å². The minimum Gasteiger partial charge on any atom is -0.353 e. The van der Waals surface area contributed by atoms with Crippen molar-refractivity contribution in [2.75, 3.05) is 0 Å². The number of pyridine rings is 1. The number of aromatic nitrogens is 2. The molecule has 0 saturated carbocycles. The summed E-state index contributed by atoms with van der Waals surface area (Å²) >= 11 is 6.11. The zero-order valence-electron chi connectivity index (χ0n) is 14.1. The fraction of sp³-hybridized carbons (Fsp3) is 0.143. The van der Waals surface area contributed by atoms with Crippen LogP contribution >= 0.6 is 11.6 Å². The fourth-order valence-electron chi connectivity index (χ4n) is 3.10. The Morgan fingerprint density at radius 2 is 1.85 bits per heavy atom. The van der Waals surface area contributed by atoms with Crippen LogP contribution in [0.25, 0.3) is 21.8 Å². The summed E-state index contributed by atoms with van der Waals surface area (Å²) < 4.78 is 0. The van der Waals surface area contributed by atoms with Gasteiger partial charge in [0.2, 0.25) is 5.91 Å². The molecule has 0 aliphatic carbocycles. The molecule has 0 spiro atoms. The highest BCUT2D eigenvalue weighted by atomic mass is 35.5. The fourth-order valence-corrected chi connectivity index (χ4v) is 3.30. The van der Waals surface area contributed by atoms with E-state index < -0.39 is 0 Å². The number of carbonyl (C=O) groups excluding carboxylic acids is 1. The van der Waals surface area contributed by atoms with Gasteiger partial charge >= 0.3 is 0 Å². The summed E-state index contributed by atoms with van der Waals surface area (Å²) in [6.45, 7) is 0.438. The molecule has 130 valence electrons. The Morgan fingerprint density at radius 3 is 2.73 bits per heavy atom. The van der Waals surface area contributed by atoms with Gasteiger partial charge in [0.05, 0.1) is 11.7 Å². The van der Waals surface area contributed by atoms with Gasteiger partial charge in [0.15, 0.2) is 0 Å². The minimum absolute atomic E-state index is 0.00857. The highest BCUT2D eigenvalue weighted by Crippen LogP contribution is 2.25. The predicted octanol–water partition coefficient (Wildman–Crippen LogP) is 4.62. The molecule has 4 nitrogen and oxygen atoms in total. The van der Waals surface area contributed by atoms with E-state index in [4.69, 9.17) is 11.6 Å². The summed E-state index contributed by atoms with van der Waals surface area (Å²) in [5, 5.41) is 5.90. The van der Waals surface area contributed by atoms with Crippen LogP contribution in [0.2, 0.25) is 5.02 Å². The zero-order valence-corrected chi connectivity index (χ0v) is 14.9. The van der Waals surface area contributed by atoms with Gasteiger partial charge < -0.3 is 10.3 Å². The van der Waals surface area contributed by atoms with Crippen LogP contribution in [0.5, 0.6) is 0 Å². The molecule has 26 heavy (non-hydrogen) atoms. The molecule has 1 amide bonds. The predicted molar refractivity (Wildman–Crippen MR) is 105 cm³/mol. The number of carbonyl (C=O) groups is 1. The Morgan fingerprint density at radius 1 is 1.04 bits per heavy atom. The van der Waals surface area contributed by atoms with Gasteiger partial charge in [-0.05, 0) is 30.2 Å². The third-order valence-corrected chi connectivity index (χ3v) is 4.86. The number of rotatable bonds is 5. The monoisotopic (exact) mass is 363 g/mol. The number of nitrogens with zero attached hydrogens (tertiary/aromatic N) is 1. The molecule has 2 aromatic heterocycles. The molecular weight excluding hydrogens is 346 g/mol. The number of aromatic amines is 1. The Labute approximate surface area is 156 Å². The number of aryl methyl sites for hydroxylation is 1. The van der Waals surface area contributed by atoms with Crippen molar-refractivity contribution in [3.05, 3.63) is 77.1 Å². The molecule has 0 radical (unpaired) electrons. The maximum atomic E-state index is 12.1. The topological polar surface area (TPSA) is 57.8 Å². The quantitative estimate of drug-likeness (QED) is 0.543. The van der Waals surface area contributed by atoms with E-state index in [1.54, 1.807) is 0 Å². The third-order valence-electron chi connectivity index (χ3n) is 4.49.